The summed E-state index contributed by atoms with van der Waals surface area (Å²) in [5.41, 5.74) is 1.17. The molecule has 0 aliphatic carbocycles. The Bertz CT molecular complexity index is 561. The van der Waals surface area contributed by atoms with E-state index in [4.69, 9.17) is 0 Å². The summed E-state index contributed by atoms with van der Waals surface area (Å²) in [7, 11) is 0. The molecule has 1 fully saturated rings. The molecule has 1 atom stereocenters. The van der Waals surface area contributed by atoms with Crippen molar-refractivity contribution in [3.63, 3.8) is 0 Å². The number of hydrogen-bond donors (Lipinski definition) is 0. The average Bonchev–Trinajstić information content (AvgIpc) is 2.75. The zero-order valence-corrected chi connectivity index (χ0v) is 13.1. The summed E-state index contributed by atoms with van der Waals surface area (Å²) in [6, 6.07) is 8.19. The maximum absolute atomic E-state index is 12.8. The number of nitrogens with zero attached hydrogens (tertiary/aromatic N) is 2. The number of amides is 2. The Morgan fingerprint density at radius 2 is 1.81 bits per heavy atom. The molecular weight excluding hydrogens is 284 g/mol. The van der Waals surface area contributed by atoms with Crippen molar-refractivity contribution in [1.29, 1.82) is 0 Å². The minimum atomic E-state index is -0.0184. The van der Waals surface area contributed by atoms with Crippen molar-refractivity contribution in [3.05, 3.63) is 29.8 Å². The summed E-state index contributed by atoms with van der Waals surface area (Å²) in [4.78, 5) is 29.3. The number of rotatable bonds is 1. The second-order valence-electron chi connectivity index (χ2n) is 5.59. The van der Waals surface area contributed by atoms with Crippen molar-refractivity contribution < 1.29 is 9.59 Å². The monoisotopic (exact) mass is 304 g/mol. The van der Waals surface area contributed by atoms with Gasteiger partial charge in [-0.2, -0.15) is 0 Å². The highest BCUT2D eigenvalue weighted by molar-refractivity contribution is 7.99. The molecule has 112 valence electrons. The third kappa shape index (κ3) is 2.93. The van der Waals surface area contributed by atoms with Gasteiger partial charge in [-0.25, -0.2) is 0 Å². The van der Waals surface area contributed by atoms with Gasteiger partial charge in [0, 0.05) is 43.8 Å². The third-order valence-electron chi connectivity index (χ3n) is 4.25. The van der Waals surface area contributed by atoms with Crippen molar-refractivity contribution in [1.82, 2.24) is 9.80 Å². The highest BCUT2D eigenvalue weighted by atomic mass is 32.2. The van der Waals surface area contributed by atoms with E-state index in [1.165, 1.54) is 10.5 Å². The molecule has 2 heterocycles. The molecule has 0 saturated carbocycles. The van der Waals surface area contributed by atoms with Crippen LogP contribution in [-0.4, -0.2) is 53.5 Å². The van der Waals surface area contributed by atoms with Gasteiger partial charge in [0.05, 0.1) is 5.92 Å². The van der Waals surface area contributed by atoms with Gasteiger partial charge in [0.1, 0.15) is 0 Å². The molecule has 1 saturated heterocycles. The highest BCUT2D eigenvalue weighted by Gasteiger charge is 2.32. The normalized spacial score (nSPS) is 21.9. The molecule has 0 radical (unpaired) electrons. The van der Waals surface area contributed by atoms with E-state index in [1.807, 2.05) is 21.9 Å². The summed E-state index contributed by atoms with van der Waals surface area (Å²) in [6.45, 7) is 4.42. The van der Waals surface area contributed by atoms with E-state index in [2.05, 4.69) is 12.1 Å². The van der Waals surface area contributed by atoms with Crippen LogP contribution in [0.2, 0.25) is 0 Å². The largest absolute Gasteiger partial charge is 0.341 e. The minimum absolute atomic E-state index is 0.0184. The molecule has 3 rings (SSSR count). The Balaban J connectivity index is 1.70. The van der Waals surface area contributed by atoms with E-state index in [-0.39, 0.29) is 17.7 Å². The molecule has 1 aromatic carbocycles. The number of thioether (sulfide) groups is 1. The molecule has 5 heteroatoms. The number of hydrogen-bond acceptors (Lipinski definition) is 3. The van der Waals surface area contributed by atoms with Crippen molar-refractivity contribution >= 4 is 23.6 Å². The summed E-state index contributed by atoms with van der Waals surface area (Å²) >= 11 is 1.77. The lowest BCUT2D eigenvalue weighted by atomic mass is 10.00. The standard InChI is InChI=1S/C16H20N2O2S/c1-12(19)17-7-4-8-18(10-9-17)16(20)14-11-21-15-6-3-2-5-13(14)15/h2-3,5-6,14H,4,7-11H2,1H3/t14-/m1/s1. The Labute approximate surface area is 129 Å². The van der Waals surface area contributed by atoms with Gasteiger partial charge in [0.2, 0.25) is 11.8 Å². The Morgan fingerprint density at radius 3 is 2.62 bits per heavy atom. The van der Waals surface area contributed by atoms with E-state index in [1.54, 1.807) is 18.7 Å². The van der Waals surface area contributed by atoms with E-state index >= 15 is 0 Å². The second-order valence-corrected chi connectivity index (χ2v) is 6.65. The van der Waals surface area contributed by atoms with Gasteiger partial charge < -0.3 is 9.80 Å². The number of carbonyl (C=O) groups excluding carboxylic acids is 2. The first-order valence-corrected chi connectivity index (χ1v) is 8.41. The lowest BCUT2D eigenvalue weighted by Crippen LogP contribution is -2.39. The fourth-order valence-corrected chi connectivity index (χ4v) is 4.26. The maximum atomic E-state index is 12.8. The van der Waals surface area contributed by atoms with Crippen LogP contribution in [0.4, 0.5) is 0 Å². The van der Waals surface area contributed by atoms with Crippen molar-refractivity contribution in [2.75, 3.05) is 31.9 Å². The van der Waals surface area contributed by atoms with Crippen molar-refractivity contribution in [3.8, 4) is 0 Å². The van der Waals surface area contributed by atoms with Gasteiger partial charge in [-0.3, -0.25) is 9.59 Å². The molecule has 0 spiro atoms. The van der Waals surface area contributed by atoms with Crippen LogP contribution in [-0.2, 0) is 9.59 Å². The lowest BCUT2D eigenvalue weighted by Gasteiger charge is -2.24. The fraction of sp³-hybridized carbons (Fsp3) is 0.500. The van der Waals surface area contributed by atoms with Crippen LogP contribution in [0.25, 0.3) is 0 Å². The smallest absolute Gasteiger partial charge is 0.231 e. The summed E-state index contributed by atoms with van der Waals surface area (Å²) < 4.78 is 0. The first kappa shape index (κ1) is 14.4. The molecule has 4 nitrogen and oxygen atoms in total. The van der Waals surface area contributed by atoms with E-state index < -0.39 is 0 Å². The van der Waals surface area contributed by atoms with Crippen LogP contribution in [0.3, 0.4) is 0 Å². The predicted octanol–water partition coefficient (Wildman–Crippen LogP) is 1.96. The molecule has 2 amide bonds. The molecule has 0 unspecified atom stereocenters. The second kappa shape index (κ2) is 6.10. The molecule has 0 bridgehead atoms. The molecule has 1 aromatic rings. The molecule has 2 aliphatic heterocycles. The first-order chi connectivity index (χ1) is 10.2. The highest BCUT2D eigenvalue weighted by Crippen LogP contribution is 2.40. The molecule has 0 aromatic heterocycles. The molecule has 2 aliphatic rings. The van der Waals surface area contributed by atoms with Crippen LogP contribution in [0.5, 0.6) is 0 Å². The number of fused-ring (bicyclic) bond motifs is 1. The zero-order valence-electron chi connectivity index (χ0n) is 12.2. The molecular formula is C16H20N2O2S. The van der Waals surface area contributed by atoms with Gasteiger partial charge in [-0.05, 0) is 18.1 Å². The summed E-state index contributed by atoms with van der Waals surface area (Å²) in [6.07, 6.45) is 0.868. The first-order valence-electron chi connectivity index (χ1n) is 7.43. The zero-order chi connectivity index (χ0) is 14.8. The Morgan fingerprint density at radius 1 is 1.10 bits per heavy atom. The van der Waals surface area contributed by atoms with Crippen LogP contribution >= 0.6 is 11.8 Å². The van der Waals surface area contributed by atoms with Gasteiger partial charge in [-0.15, -0.1) is 11.8 Å². The average molecular weight is 304 g/mol. The van der Waals surface area contributed by atoms with Crippen LogP contribution in [0.1, 0.15) is 24.8 Å². The third-order valence-corrected chi connectivity index (χ3v) is 5.43. The quantitative estimate of drug-likeness (QED) is 0.796. The van der Waals surface area contributed by atoms with E-state index in [9.17, 15) is 9.59 Å². The van der Waals surface area contributed by atoms with Gasteiger partial charge >= 0.3 is 0 Å². The van der Waals surface area contributed by atoms with Crippen LogP contribution < -0.4 is 0 Å². The topological polar surface area (TPSA) is 40.6 Å². The summed E-state index contributed by atoms with van der Waals surface area (Å²) in [5.74, 6) is 1.14. The number of carbonyl (C=O) groups is 2. The molecule has 0 N–H and O–H groups in total. The van der Waals surface area contributed by atoms with Crippen LogP contribution in [0, 0.1) is 0 Å². The van der Waals surface area contributed by atoms with Crippen LogP contribution in [0.15, 0.2) is 29.2 Å². The molecule has 21 heavy (non-hydrogen) atoms. The van der Waals surface area contributed by atoms with Crippen molar-refractivity contribution in [2.45, 2.75) is 24.2 Å². The lowest BCUT2D eigenvalue weighted by molar-refractivity contribution is -0.133. The Kier molecular flexibility index (Phi) is 4.19. The van der Waals surface area contributed by atoms with Gasteiger partial charge in [0.15, 0.2) is 0 Å². The Hall–Kier alpha value is -1.49. The number of benzene rings is 1. The van der Waals surface area contributed by atoms with Crippen molar-refractivity contribution in [2.24, 2.45) is 0 Å². The van der Waals surface area contributed by atoms with Gasteiger partial charge in [0.25, 0.3) is 0 Å². The van der Waals surface area contributed by atoms with E-state index in [0.29, 0.717) is 13.1 Å². The minimum Gasteiger partial charge on any atom is -0.341 e. The predicted molar refractivity (Wildman–Crippen MR) is 83.4 cm³/mol. The maximum Gasteiger partial charge on any atom is 0.231 e. The fourth-order valence-electron chi connectivity index (χ4n) is 3.04. The van der Waals surface area contributed by atoms with E-state index in [0.717, 1.165) is 25.3 Å². The SMILES string of the molecule is CC(=O)N1CCCN(C(=O)[C@@H]2CSc3ccccc32)CC1. The van der Waals surface area contributed by atoms with Gasteiger partial charge in [-0.1, -0.05) is 18.2 Å². The summed E-state index contributed by atoms with van der Waals surface area (Å²) in [5, 5.41) is 0.